The van der Waals surface area contributed by atoms with Crippen LogP contribution in [0.3, 0.4) is 0 Å². The zero-order valence-corrected chi connectivity index (χ0v) is 5.18. The Morgan fingerprint density at radius 3 is 2.38 bits per heavy atom. The highest BCUT2D eigenvalue weighted by molar-refractivity contribution is 5.00. The van der Waals surface area contributed by atoms with Gasteiger partial charge in [0.15, 0.2) is 0 Å². The second-order valence-corrected chi connectivity index (χ2v) is 1.90. The first kappa shape index (κ1) is 5.22. The minimum Gasteiger partial charge on any atom is -0.475 e. The maximum atomic E-state index is 4.11. The van der Waals surface area contributed by atoms with E-state index in [0.717, 1.165) is 11.5 Å². The predicted octanol–water partition coefficient (Wildman–Crippen LogP) is 1.14. The lowest BCUT2D eigenvalue weighted by molar-refractivity contribution is 0.974. The highest BCUT2D eigenvalue weighted by Crippen LogP contribution is 1.96. The van der Waals surface area contributed by atoms with E-state index in [1.54, 1.807) is 4.57 Å². The molecule has 0 aliphatic heterocycles. The van der Waals surface area contributed by atoms with Crippen molar-refractivity contribution in [3.63, 3.8) is 0 Å². The van der Waals surface area contributed by atoms with Gasteiger partial charge < -0.3 is 9.55 Å². The van der Waals surface area contributed by atoms with Crippen molar-refractivity contribution in [1.29, 1.82) is 0 Å². The van der Waals surface area contributed by atoms with Crippen LogP contribution in [0.5, 0.6) is 0 Å². The molecule has 0 aromatic carbocycles. The molecular formula is C6H9N2-. The molecule has 8 heavy (non-hydrogen) atoms. The molecule has 1 aromatic rings. The third-order valence-corrected chi connectivity index (χ3v) is 1.10. The summed E-state index contributed by atoms with van der Waals surface area (Å²) in [4.78, 5) is 4.11. The molecule has 0 atom stereocenters. The normalized spacial score (nSPS) is 9.75. The minimum absolute atomic E-state index is 0.961. The maximum Gasteiger partial charge on any atom is -0.000765 e. The molecule has 1 rings (SSSR count). The molecule has 0 fully saturated rings. The van der Waals surface area contributed by atoms with Crippen LogP contribution < -0.4 is 0 Å². The van der Waals surface area contributed by atoms with Crippen LogP contribution in [0, 0.1) is 20.9 Å². The van der Waals surface area contributed by atoms with Crippen molar-refractivity contribution in [2.24, 2.45) is 0 Å². The molecule has 0 aliphatic rings. The van der Waals surface area contributed by atoms with Gasteiger partial charge in [-0.3, -0.25) is 0 Å². The summed E-state index contributed by atoms with van der Waals surface area (Å²) >= 11 is 0. The van der Waals surface area contributed by atoms with E-state index >= 15 is 0 Å². The molecule has 0 N–H and O–H groups in total. The number of hydrogen-bond acceptors (Lipinski definition) is 1. The van der Waals surface area contributed by atoms with Gasteiger partial charge in [0.25, 0.3) is 0 Å². The largest absolute Gasteiger partial charge is 0.475 e. The second-order valence-electron chi connectivity index (χ2n) is 1.90. The number of aryl methyl sites for hydroxylation is 2. The van der Waals surface area contributed by atoms with Crippen LogP contribution in [0.4, 0.5) is 0 Å². The van der Waals surface area contributed by atoms with E-state index in [4.69, 9.17) is 0 Å². The first-order valence-corrected chi connectivity index (χ1v) is 2.53. The van der Waals surface area contributed by atoms with Crippen LogP contribution >= 0.6 is 0 Å². The van der Waals surface area contributed by atoms with Crippen molar-refractivity contribution < 1.29 is 0 Å². The second kappa shape index (κ2) is 1.54. The summed E-state index contributed by atoms with van der Waals surface area (Å²) in [7, 11) is 3.70. The lowest BCUT2D eigenvalue weighted by Gasteiger charge is -1.99. The van der Waals surface area contributed by atoms with Crippen LogP contribution in [-0.2, 0) is 0 Å². The molecular weight excluding hydrogens is 100 g/mol. The lowest BCUT2D eigenvalue weighted by atomic mass is 10.6. The summed E-state index contributed by atoms with van der Waals surface area (Å²) in [5, 5.41) is 0. The summed E-state index contributed by atoms with van der Waals surface area (Å²) in [6.45, 7) is 3.88. The van der Waals surface area contributed by atoms with E-state index in [0.29, 0.717) is 0 Å². The Labute approximate surface area is 49.2 Å². The average molecular weight is 109 g/mol. The molecule has 44 valence electrons. The fraction of sp³-hybridized carbons (Fsp3) is 0.333. The standard InChI is InChI=1S/C6H9N2/c1-5-4-8(3)6(2)7-5/h4H,3H2,1-2H3/q-1. The van der Waals surface area contributed by atoms with Gasteiger partial charge in [-0.15, -0.1) is 7.05 Å². The monoisotopic (exact) mass is 109 g/mol. The summed E-state index contributed by atoms with van der Waals surface area (Å²) in [6, 6.07) is 0. The lowest BCUT2D eigenvalue weighted by Crippen LogP contribution is -1.84. The molecule has 0 saturated heterocycles. The van der Waals surface area contributed by atoms with Crippen molar-refractivity contribution in [3.05, 3.63) is 24.8 Å². The van der Waals surface area contributed by atoms with E-state index in [1.165, 1.54) is 0 Å². The fourth-order valence-electron chi connectivity index (χ4n) is 0.667. The summed E-state index contributed by atoms with van der Waals surface area (Å²) in [5.74, 6) is 0.961. The molecule has 1 aromatic heterocycles. The third kappa shape index (κ3) is 0.689. The average Bonchev–Trinajstić information content (AvgIpc) is 1.85. The number of imidazole rings is 1. The van der Waals surface area contributed by atoms with Gasteiger partial charge in [0.2, 0.25) is 0 Å². The topological polar surface area (TPSA) is 17.8 Å². The molecule has 2 nitrogen and oxygen atoms in total. The molecule has 2 heteroatoms. The minimum atomic E-state index is 0.961. The summed E-state index contributed by atoms with van der Waals surface area (Å²) in [6.07, 6.45) is 1.90. The predicted molar refractivity (Wildman–Crippen MR) is 32.5 cm³/mol. The quantitative estimate of drug-likeness (QED) is 0.457. The Hall–Kier alpha value is -0.920. The Kier molecular flexibility index (Phi) is 1.01. The van der Waals surface area contributed by atoms with Gasteiger partial charge >= 0.3 is 0 Å². The molecule has 0 amide bonds. The third-order valence-electron chi connectivity index (χ3n) is 1.10. The Morgan fingerprint density at radius 2 is 2.25 bits per heavy atom. The summed E-state index contributed by atoms with van der Waals surface area (Å²) in [5.41, 5.74) is 1.03. The van der Waals surface area contributed by atoms with Crippen LogP contribution in [0.25, 0.3) is 0 Å². The Morgan fingerprint density at radius 1 is 1.62 bits per heavy atom. The number of nitrogens with zero attached hydrogens (tertiary/aromatic N) is 2. The zero-order chi connectivity index (χ0) is 6.15. The van der Waals surface area contributed by atoms with E-state index in [-0.39, 0.29) is 0 Å². The zero-order valence-electron chi connectivity index (χ0n) is 5.18. The van der Waals surface area contributed by atoms with Crippen molar-refractivity contribution in [3.8, 4) is 0 Å². The van der Waals surface area contributed by atoms with Crippen molar-refractivity contribution in [2.75, 3.05) is 0 Å². The van der Waals surface area contributed by atoms with E-state index < -0.39 is 0 Å². The van der Waals surface area contributed by atoms with Crippen LogP contribution in [0.1, 0.15) is 11.5 Å². The van der Waals surface area contributed by atoms with Crippen molar-refractivity contribution in [2.45, 2.75) is 13.8 Å². The van der Waals surface area contributed by atoms with Gasteiger partial charge in [-0.1, -0.05) is 13.1 Å². The Balaban J connectivity index is 3.14. The van der Waals surface area contributed by atoms with Gasteiger partial charge in [-0.05, 0) is 18.4 Å². The van der Waals surface area contributed by atoms with Gasteiger partial charge in [0.1, 0.15) is 0 Å². The highest BCUT2D eigenvalue weighted by atomic mass is 15.0. The number of hydrogen-bond donors (Lipinski definition) is 0. The van der Waals surface area contributed by atoms with Crippen LogP contribution in [-0.4, -0.2) is 9.55 Å². The Bertz CT molecular complexity index is 169. The SMILES string of the molecule is [CH2-]n1cc(C)nc1C. The number of rotatable bonds is 0. The first-order valence-electron chi connectivity index (χ1n) is 2.53. The highest BCUT2D eigenvalue weighted by Gasteiger charge is 1.82. The fourth-order valence-corrected chi connectivity index (χ4v) is 0.667. The van der Waals surface area contributed by atoms with E-state index in [2.05, 4.69) is 12.0 Å². The van der Waals surface area contributed by atoms with Crippen molar-refractivity contribution >= 4 is 0 Å². The molecule has 0 saturated carbocycles. The van der Waals surface area contributed by atoms with Crippen molar-refractivity contribution in [1.82, 2.24) is 9.55 Å². The molecule has 0 spiro atoms. The number of aromatic nitrogens is 2. The van der Waals surface area contributed by atoms with Gasteiger partial charge in [0, 0.05) is 0 Å². The van der Waals surface area contributed by atoms with Gasteiger partial charge in [-0.2, -0.15) is 0 Å². The smallest absolute Gasteiger partial charge is 0.000765 e. The first-order chi connectivity index (χ1) is 3.70. The van der Waals surface area contributed by atoms with E-state index in [9.17, 15) is 0 Å². The molecule has 0 bridgehead atoms. The van der Waals surface area contributed by atoms with Gasteiger partial charge in [0.05, 0.1) is 0 Å². The molecule has 0 aliphatic carbocycles. The van der Waals surface area contributed by atoms with Crippen LogP contribution in [0.2, 0.25) is 0 Å². The summed E-state index contributed by atoms with van der Waals surface area (Å²) < 4.78 is 1.76. The molecule has 0 unspecified atom stereocenters. The molecule has 0 radical (unpaired) electrons. The maximum absolute atomic E-state index is 4.11. The van der Waals surface area contributed by atoms with Crippen LogP contribution in [0.15, 0.2) is 6.20 Å². The molecule has 1 heterocycles. The van der Waals surface area contributed by atoms with E-state index in [1.807, 2.05) is 20.0 Å². The van der Waals surface area contributed by atoms with Gasteiger partial charge in [-0.25, -0.2) is 0 Å².